The highest BCUT2D eigenvalue weighted by atomic mass is 16.5. The van der Waals surface area contributed by atoms with Crippen LogP contribution >= 0.6 is 0 Å². The van der Waals surface area contributed by atoms with Gasteiger partial charge in [0.2, 0.25) is 11.8 Å². The number of rotatable bonds is 11. The van der Waals surface area contributed by atoms with E-state index >= 15 is 0 Å². The Hall–Kier alpha value is -1.32. The smallest absolute Gasteiger partial charge is 0.225 e. The first kappa shape index (κ1) is 16.7. The van der Waals surface area contributed by atoms with Gasteiger partial charge in [0.05, 0.1) is 6.61 Å². The molecule has 4 heteroatoms. The molecule has 1 N–H and O–H groups in total. The summed E-state index contributed by atoms with van der Waals surface area (Å²) in [5, 5.41) is 3.26. The molecule has 1 heterocycles. The quantitative estimate of drug-likeness (QED) is 0.614. The highest BCUT2D eigenvalue weighted by molar-refractivity contribution is 5.27. The lowest BCUT2D eigenvalue weighted by Crippen LogP contribution is -2.06. The van der Waals surface area contributed by atoms with Crippen LogP contribution in [0.25, 0.3) is 0 Å². The number of ether oxygens (including phenoxy) is 1. The van der Waals surface area contributed by atoms with E-state index in [4.69, 9.17) is 4.74 Å². The van der Waals surface area contributed by atoms with Gasteiger partial charge in [-0.05, 0) is 18.8 Å². The molecule has 0 saturated carbocycles. The molecule has 114 valence electrons. The maximum Gasteiger partial charge on any atom is 0.225 e. The lowest BCUT2D eigenvalue weighted by atomic mass is 10.0. The molecule has 0 bridgehead atoms. The second-order valence-corrected chi connectivity index (χ2v) is 5.59. The van der Waals surface area contributed by atoms with E-state index < -0.39 is 0 Å². The van der Waals surface area contributed by atoms with Crippen molar-refractivity contribution in [1.29, 1.82) is 0 Å². The summed E-state index contributed by atoms with van der Waals surface area (Å²) in [6, 6.07) is 1.80. The highest BCUT2D eigenvalue weighted by Gasteiger charge is 1.99. The topological polar surface area (TPSA) is 47.0 Å². The van der Waals surface area contributed by atoms with Crippen molar-refractivity contribution in [2.75, 3.05) is 18.5 Å². The average molecular weight is 279 g/mol. The third-order valence-electron chi connectivity index (χ3n) is 3.08. The summed E-state index contributed by atoms with van der Waals surface area (Å²) in [5.41, 5.74) is 0. The molecule has 0 aromatic carbocycles. The van der Waals surface area contributed by atoms with Gasteiger partial charge in [0, 0.05) is 18.8 Å². The van der Waals surface area contributed by atoms with Gasteiger partial charge >= 0.3 is 0 Å². The Morgan fingerprint density at radius 1 is 1.20 bits per heavy atom. The monoisotopic (exact) mass is 279 g/mol. The molecule has 0 fully saturated rings. The number of nitrogens with zero attached hydrogens (tertiary/aromatic N) is 2. The Balaban J connectivity index is 2.12. The van der Waals surface area contributed by atoms with Crippen LogP contribution in [-0.4, -0.2) is 23.1 Å². The second-order valence-electron chi connectivity index (χ2n) is 5.59. The zero-order valence-electron chi connectivity index (χ0n) is 13.2. The molecular formula is C16H29N3O. The van der Waals surface area contributed by atoms with E-state index in [9.17, 15) is 0 Å². The molecular weight excluding hydrogens is 250 g/mol. The molecule has 0 saturated heterocycles. The minimum absolute atomic E-state index is 0.654. The fourth-order valence-corrected chi connectivity index (χ4v) is 1.95. The van der Waals surface area contributed by atoms with E-state index in [1.807, 2.05) is 0 Å². The van der Waals surface area contributed by atoms with E-state index in [2.05, 4.69) is 36.1 Å². The Morgan fingerprint density at radius 2 is 2.00 bits per heavy atom. The molecule has 0 aliphatic carbocycles. The summed E-state index contributed by atoms with van der Waals surface area (Å²) in [6.07, 6.45) is 9.17. The third-order valence-corrected chi connectivity index (χ3v) is 3.08. The molecule has 0 aliphatic rings. The lowest BCUT2D eigenvalue weighted by molar-refractivity contribution is 0.305. The fourth-order valence-electron chi connectivity index (χ4n) is 1.95. The Labute approximate surface area is 123 Å². The summed E-state index contributed by atoms with van der Waals surface area (Å²) in [6.45, 7) is 8.28. The van der Waals surface area contributed by atoms with E-state index in [0.717, 1.165) is 18.9 Å². The van der Waals surface area contributed by atoms with Crippen LogP contribution in [0.2, 0.25) is 0 Å². The van der Waals surface area contributed by atoms with Crippen LogP contribution in [0.5, 0.6) is 5.88 Å². The average Bonchev–Trinajstić information content (AvgIpc) is 2.44. The predicted molar refractivity (Wildman–Crippen MR) is 84.2 cm³/mol. The molecule has 0 amide bonds. The Bertz CT molecular complexity index is 355. The van der Waals surface area contributed by atoms with Crippen LogP contribution < -0.4 is 10.1 Å². The highest BCUT2D eigenvalue weighted by Crippen LogP contribution is 2.11. The molecule has 0 radical (unpaired) electrons. The van der Waals surface area contributed by atoms with Crippen molar-refractivity contribution in [3.63, 3.8) is 0 Å². The number of aromatic nitrogens is 2. The predicted octanol–water partition coefficient (Wildman–Crippen LogP) is 4.28. The van der Waals surface area contributed by atoms with E-state index in [1.165, 1.54) is 32.1 Å². The second kappa shape index (κ2) is 10.5. The van der Waals surface area contributed by atoms with Crippen molar-refractivity contribution in [3.8, 4) is 5.88 Å². The maximum absolute atomic E-state index is 5.49. The van der Waals surface area contributed by atoms with Crippen molar-refractivity contribution >= 4 is 5.95 Å². The normalized spacial score (nSPS) is 10.8. The van der Waals surface area contributed by atoms with Crippen molar-refractivity contribution in [2.45, 2.75) is 59.3 Å². The molecule has 0 aliphatic heterocycles. The Kier molecular flexibility index (Phi) is 8.76. The van der Waals surface area contributed by atoms with Gasteiger partial charge in [-0.2, -0.15) is 4.98 Å². The molecule has 0 spiro atoms. The SMILES string of the molecule is CCCOc1ccnc(NCCCCCCC(C)C)n1. The van der Waals surface area contributed by atoms with Crippen molar-refractivity contribution in [3.05, 3.63) is 12.3 Å². The number of anilines is 1. The van der Waals surface area contributed by atoms with Gasteiger partial charge in [-0.25, -0.2) is 4.98 Å². The van der Waals surface area contributed by atoms with Gasteiger partial charge in [-0.3, -0.25) is 0 Å². The molecule has 1 aromatic heterocycles. The third kappa shape index (κ3) is 7.97. The molecule has 20 heavy (non-hydrogen) atoms. The van der Waals surface area contributed by atoms with E-state index in [1.54, 1.807) is 12.3 Å². The van der Waals surface area contributed by atoms with Gasteiger partial charge in [-0.1, -0.05) is 46.5 Å². The first-order valence-corrected chi connectivity index (χ1v) is 7.92. The summed E-state index contributed by atoms with van der Waals surface area (Å²) in [4.78, 5) is 8.53. The van der Waals surface area contributed by atoms with Gasteiger partial charge < -0.3 is 10.1 Å². The first-order chi connectivity index (χ1) is 9.72. The number of hydrogen-bond acceptors (Lipinski definition) is 4. The minimum Gasteiger partial charge on any atom is -0.478 e. The molecule has 1 aromatic rings. The molecule has 1 rings (SSSR count). The first-order valence-electron chi connectivity index (χ1n) is 7.92. The van der Waals surface area contributed by atoms with Crippen LogP contribution in [0.4, 0.5) is 5.95 Å². The molecule has 0 unspecified atom stereocenters. The summed E-state index contributed by atoms with van der Waals surface area (Å²) >= 11 is 0. The van der Waals surface area contributed by atoms with Crippen molar-refractivity contribution in [1.82, 2.24) is 9.97 Å². The van der Waals surface area contributed by atoms with Crippen molar-refractivity contribution < 1.29 is 4.74 Å². The largest absolute Gasteiger partial charge is 0.478 e. The van der Waals surface area contributed by atoms with Gasteiger partial charge in [0.25, 0.3) is 0 Å². The fraction of sp³-hybridized carbons (Fsp3) is 0.750. The number of unbranched alkanes of at least 4 members (excludes halogenated alkanes) is 3. The van der Waals surface area contributed by atoms with Crippen LogP contribution in [0.1, 0.15) is 59.3 Å². The number of hydrogen-bond donors (Lipinski definition) is 1. The summed E-state index contributed by atoms with van der Waals surface area (Å²) in [5.74, 6) is 2.15. The summed E-state index contributed by atoms with van der Waals surface area (Å²) in [7, 11) is 0. The van der Waals surface area contributed by atoms with E-state index in [0.29, 0.717) is 18.4 Å². The summed E-state index contributed by atoms with van der Waals surface area (Å²) < 4.78 is 5.49. The molecule has 0 atom stereocenters. The van der Waals surface area contributed by atoms with Crippen LogP contribution in [0, 0.1) is 5.92 Å². The van der Waals surface area contributed by atoms with Crippen molar-refractivity contribution in [2.24, 2.45) is 5.92 Å². The Morgan fingerprint density at radius 3 is 2.75 bits per heavy atom. The van der Waals surface area contributed by atoms with Gasteiger partial charge in [0.1, 0.15) is 0 Å². The van der Waals surface area contributed by atoms with Gasteiger partial charge in [-0.15, -0.1) is 0 Å². The van der Waals surface area contributed by atoms with Gasteiger partial charge in [0.15, 0.2) is 0 Å². The zero-order chi connectivity index (χ0) is 14.6. The van der Waals surface area contributed by atoms with Crippen LogP contribution in [0.15, 0.2) is 12.3 Å². The number of nitrogens with one attached hydrogen (secondary N) is 1. The van der Waals surface area contributed by atoms with E-state index in [-0.39, 0.29) is 0 Å². The molecule has 4 nitrogen and oxygen atoms in total. The van der Waals surface area contributed by atoms with Crippen LogP contribution in [-0.2, 0) is 0 Å². The maximum atomic E-state index is 5.49. The zero-order valence-corrected chi connectivity index (χ0v) is 13.2. The standard InChI is InChI=1S/C16H29N3O/c1-4-13-20-15-10-12-18-16(19-15)17-11-8-6-5-7-9-14(2)3/h10,12,14H,4-9,11,13H2,1-3H3,(H,17,18,19). The lowest BCUT2D eigenvalue weighted by Gasteiger charge is -2.07. The minimum atomic E-state index is 0.654. The van der Waals surface area contributed by atoms with Crippen LogP contribution in [0.3, 0.4) is 0 Å².